The minimum Gasteiger partial charge on any atom is -0.368 e. The monoisotopic (exact) mass is 346 g/mol. The zero-order valence-electron chi connectivity index (χ0n) is 14.2. The molecule has 0 fully saturated rings. The van der Waals surface area contributed by atoms with Crippen LogP contribution in [0.5, 0.6) is 0 Å². The van der Waals surface area contributed by atoms with Crippen LogP contribution >= 0.6 is 0 Å². The maximum atomic E-state index is 12.2. The number of aryl methyl sites for hydroxylation is 2. The Kier molecular flexibility index (Phi) is 5.25. The van der Waals surface area contributed by atoms with Gasteiger partial charge in [0, 0.05) is 18.3 Å². The van der Waals surface area contributed by atoms with Crippen LogP contribution in [0.25, 0.3) is 0 Å². The molecule has 0 atom stereocenters. The lowest BCUT2D eigenvalue weighted by molar-refractivity contribution is -0.126. The van der Waals surface area contributed by atoms with Crippen LogP contribution in [0, 0.1) is 5.41 Å². The first-order valence-electron chi connectivity index (χ1n) is 7.71. The highest BCUT2D eigenvalue weighted by Gasteiger charge is 2.30. The average Bonchev–Trinajstić information content (AvgIpc) is 2.49. The molecule has 134 valence electrons. The van der Waals surface area contributed by atoms with Crippen LogP contribution in [0.15, 0.2) is 0 Å². The summed E-state index contributed by atoms with van der Waals surface area (Å²) in [6, 6.07) is 0. The molecule has 0 aromatic carbocycles. The van der Waals surface area contributed by atoms with E-state index >= 15 is 0 Å². The van der Waals surface area contributed by atoms with Crippen LogP contribution < -0.4 is 22.9 Å². The maximum Gasteiger partial charge on any atom is 0.225 e. The summed E-state index contributed by atoms with van der Waals surface area (Å²) in [5.41, 5.74) is 21.6. The van der Waals surface area contributed by atoms with Gasteiger partial charge in [0.1, 0.15) is 17.4 Å². The Morgan fingerprint density at radius 3 is 1.36 bits per heavy atom. The number of ketones is 1. The van der Waals surface area contributed by atoms with Gasteiger partial charge in [0.2, 0.25) is 23.8 Å². The number of anilines is 4. The minimum atomic E-state index is -0.619. The average molecular weight is 346 g/mol. The first-order valence-corrected chi connectivity index (χ1v) is 7.71. The number of hydrogen-bond donors (Lipinski definition) is 4. The van der Waals surface area contributed by atoms with E-state index in [1.54, 1.807) is 6.92 Å². The number of carbonyl (C=O) groups excluding carboxylic acids is 1. The molecule has 2 aromatic rings. The van der Waals surface area contributed by atoms with Crippen molar-refractivity contribution in [1.29, 1.82) is 0 Å². The third-order valence-corrected chi connectivity index (χ3v) is 4.08. The zero-order chi connectivity index (χ0) is 18.6. The third-order valence-electron chi connectivity index (χ3n) is 4.08. The predicted octanol–water partition coefficient (Wildman–Crippen LogP) is -0.454. The predicted molar refractivity (Wildman–Crippen MR) is 92.7 cm³/mol. The maximum absolute atomic E-state index is 12.2. The molecule has 0 aliphatic heterocycles. The fourth-order valence-corrected chi connectivity index (χ4v) is 2.39. The topological polar surface area (TPSA) is 198 Å². The number of nitrogen functional groups attached to an aromatic ring is 4. The molecule has 0 aliphatic rings. The van der Waals surface area contributed by atoms with E-state index in [0.29, 0.717) is 37.3 Å². The number of nitrogens with two attached hydrogens (primary N) is 4. The van der Waals surface area contributed by atoms with Crippen molar-refractivity contribution in [2.45, 2.75) is 39.5 Å². The first kappa shape index (κ1) is 18.2. The van der Waals surface area contributed by atoms with Crippen molar-refractivity contribution in [2.75, 3.05) is 22.9 Å². The van der Waals surface area contributed by atoms with E-state index < -0.39 is 5.41 Å². The molecule has 0 saturated heterocycles. The molecule has 0 bridgehead atoms. The lowest BCUT2D eigenvalue weighted by atomic mass is 9.77. The Bertz CT molecular complexity index is 682. The number of hydrogen-bond acceptors (Lipinski definition) is 11. The minimum absolute atomic E-state index is 0.0394. The second kappa shape index (κ2) is 7.20. The van der Waals surface area contributed by atoms with Gasteiger partial charge in [-0.05, 0) is 19.8 Å². The molecule has 0 aliphatic carbocycles. The number of rotatable bonds is 7. The van der Waals surface area contributed by atoms with Crippen molar-refractivity contribution in [3.63, 3.8) is 0 Å². The molecule has 0 saturated carbocycles. The lowest BCUT2D eigenvalue weighted by Crippen LogP contribution is -2.28. The number of carbonyl (C=O) groups is 1. The van der Waals surface area contributed by atoms with E-state index in [1.807, 2.05) is 6.92 Å². The molecule has 11 nitrogen and oxygen atoms in total. The van der Waals surface area contributed by atoms with Crippen LogP contribution in [0.3, 0.4) is 0 Å². The molecule has 0 unspecified atom stereocenters. The summed E-state index contributed by atoms with van der Waals surface area (Å²) in [5, 5.41) is 0. The largest absolute Gasteiger partial charge is 0.368 e. The normalized spacial score (nSPS) is 11.4. The van der Waals surface area contributed by atoms with Crippen LogP contribution in [-0.4, -0.2) is 35.7 Å². The summed E-state index contributed by atoms with van der Waals surface area (Å²) in [5.74, 6) is 1.17. The quantitative estimate of drug-likeness (QED) is 0.506. The summed E-state index contributed by atoms with van der Waals surface area (Å²) in [7, 11) is 0. The molecule has 0 radical (unpaired) electrons. The highest BCUT2D eigenvalue weighted by atomic mass is 16.1. The summed E-state index contributed by atoms with van der Waals surface area (Å²) >= 11 is 0. The molecular formula is C14H22N10O. The van der Waals surface area contributed by atoms with Crippen LogP contribution in [0.4, 0.5) is 23.8 Å². The molecule has 2 aromatic heterocycles. The zero-order valence-corrected chi connectivity index (χ0v) is 14.2. The van der Waals surface area contributed by atoms with Crippen molar-refractivity contribution in [3.05, 3.63) is 11.6 Å². The summed E-state index contributed by atoms with van der Waals surface area (Å²) in [4.78, 5) is 35.8. The summed E-state index contributed by atoms with van der Waals surface area (Å²) in [6.45, 7) is 3.42. The molecule has 25 heavy (non-hydrogen) atoms. The second-order valence-electron chi connectivity index (χ2n) is 6.05. The first-order chi connectivity index (χ1) is 11.7. The molecule has 2 rings (SSSR count). The molecule has 8 N–H and O–H groups in total. The van der Waals surface area contributed by atoms with Gasteiger partial charge >= 0.3 is 0 Å². The van der Waals surface area contributed by atoms with E-state index in [1.165, 1.54) is 0 Å². The van der Waals surface area contributed by atoms with Crippen molar-refractivity contribution in [1.82, 2.24) is 29.9 Å². The van der Waals surface area contributed by atoms with Gasteiger partial charge in [0.05, 0.1) is 0 Å². The van der Waals surface area contributed by atoms with Crippen LogP contribution in [0.1, 0.15) is 38.3 Å². The SMILES string of the molecule is CC(=O)C(C)(CCc1nc(N)nc(N)n1)CCc1nc(N)nc(N)n1. The number of nitrogens with zero attached hydrogens (tertiary/aromatic N) is 6. The lowest BCUT2D eigenvalue weighted by Gasteiger charge is -2.26. The summed E-state index contributed by atoms with van der Waals surface area (Å²) in [6.07, 6.45) is 1.91. The second-order valence-corrected chi connectivity index (χ2v) is 6.05. The van der Waals surface area contributed by atoms with Gasteiger partial charge < -0.3 is 22.9 Å². The summed E-state index contributed by atoms with van der Waals surface area (Å²) < 4.78 is 0. The fourth-order valence-electron chi connectivity index (χ4n) is 2.39. The Morgan fingerprint density at radius 2 is 1.08 bits per heavy atom. The highest BCUT2D eigenvalue weighted by molar-refractivity contribution is 5.81. The molecule has 11 heteroatoms. The van der Waals surface area contributed by atoms with Gasteiger partial charge in [0.25, 0.3) is 0 Å². The highest BCUT2D eigenvalue weighted by Crippen LogP contribution is 2.30. The van der Waals surface area contributed by atoms with E-state index in [4.69, 9.17) is 22.9 Å². The fraction of sp³-hybridized carbons (Fsp3) is 0.500. The number of Topliss-reactive ketones (excluding diaryl/α,β-unsaturated/α-hetero) is 1. The van der Waals surface area contributed by atoms with Gasteiger partial charge in [-0.1, -0.05) is 6.92 Å². The van der Waals surface area contributed by atoms with Crippen molar-refractivity contribution >= 4 is 29.6 Å². The van der Waals surface area contributed by atoms with Gasteiger partial charge in [-0.25, -0.2) is 0 Å². The van der Waals surface area contributed by atoms with Gasteiger partial charge in [-0.2, -0.15) is 29.9 Å². The molecular weight excluding hydrogens is 324 g/mol. The smallest absolute Gasteiger partial charge is 0.225 e. The molecule has 0 spiro atoms. The van der Waals surface area contributed by atoms with E-state index in [0.717, 1.165) is 0 Å². The Labute approximate surface area is 144 Å². The van der Waals surface area contributed by atoms with Gasteiger partial charge in [-0.3, -0.25) is 4.79 Å². The van der Waals surface area contributed by atoms with Crippen LogP contribution in [-0.2, 0) is 17.6 Å². The van der Waals surface area contributed by atoms with Gasteiger partial charge in [-0.15, -0.1) is 0 Å². The van der Waals surface area contributed by atoms with Crippen molar-refractivity contribution in [3.8, 4) is 0 Å². The van der Waals surface area contributed by atoms with Crippen molar-refractivity contribution < 1.29 is 4.79 Å². The van der Waals surface area contributed by atoms with Gasteiger partial charge in [0.15, 0.2) is 0 Å². The standard InChI is InChI=1S/C14H22N10O/c1-7(25)14(2,5-3-8-19-10(15)23-11(16)20-8)6-4-9-21-12(17)24-13(18)22-9/h3-6H2,1-2H3,(H4,15,16,19,20,23)(H4,17,18,21,22,24). The van der Waals surface area contributed by atoms with Crippen molar-refractivity contribution in [2.24, 2.45) is 5.41 Å². The van der Waals surface area contributed by atoms with E-state index in [-0.39, 0.29) is 29.6 Å². The van der Waals surface area contributed by atoms with E-state index in [2.05, 4.69) is 29.9 Å². The molecule has 0 amide bonds. The molecule has 2 heterocycles. The Balaban J connectivity index is 2.08. The third kappa shape index (κ3) is 4.93. The Hall–Kier alpha value is -3.11. The Morgan fingerprint density at radius 1 is 0.760 bits per heavy atom. The number of aromatic nitrogens is 6. The van der Waals surface area contributed by atoms with Crippen LogP contribution in [0.2, 0.25) is 0 Å². The van der Waals surface area contributed by atoms with E-state index in [9.17, 15) is 4.79 Å².